The maximum Gasteiger partial charge on any atom is 0.254 e. The highest BCUT2D eigenvalue weighted by Gasteiger charge is 2.32. The number of thiazole rings is 1. The molecule has 1 amide bonds. The van der Waals surface area contributed by atoms with Crippen LogP contribution in [0.5, 0.6) is 0 Å². The van der Waals surface area contributed by atoms with E-state index in [1.807, 2.05) is 32.2 Å². The molecule has 5 heteroatoms. The first kappa shape index (κ1) is 15.7. The van der Waals surface area contributed by atoms with E-state index in [9.17, 15) is 9.90 Å². The predicted octanol–water partition coefficient (Wildman–Crippen LogP) is 2.93. The number of rotatable bonds is 5. The van der Waals surface area contributed by atoms with Gasteiger partial charge in [0.2, 0.25) is 0 Å². The molecule has 0 spiro atoms. The Morgan fingerprint density at radius 2 is 2.10 bits per heavy atom. The van der Waals surface area contributed by atoms with Gasteiger partial charge in [-0.3, -0.25) is 4.79 Å². The van der Waals surface area contributed by atoms with Crippen LogP contribution in [0, 0.1) is 6.92 Å². The van der Waals surface area contributed by atoms with Crippen LogP contribution in [0.3, 0.4) is 0 Å². The standard InChI is InChI=1S/C16H20N2O2S/c1-4-16(3,15-17-11(2)10-21-15)18-14(20)13(19)12-8-6-5-7-9-12/h5-10,13,19H,4H2,1-3H3,(H,18,20). The molecule has 112 valence electrons. The van der Waals surface area contributed by atoms with Gasteiger partial charge in [-0.05, 0) is 25.8 Å². The maximum absolute atomic E-state index is 12.3. The molecule has 1 aromatic carbocycles. The van der Waals surface area contributed by atoms with Crippen molar-refractivity contribution in [2.75, 3.05) is 0 Å². The highest BCUT2D eigenvalue weighted by molar-refractivity contribution is 7.09. The Kier molecular flexibility index (Phi) is 4.75. The molecule has 2 N–H and O–H groups in total. The molecule has 0 fully saturated rings. The Morgan fingerprint density at radius 3 is 2.62 bits per heavy atom. The van der Waals surface area contributed by atoms with Gasteiger partial charge < -0.3 is 10.4 Å². The van der Waals surface area contributed by atoms with Crippen LogP contribution in [-0.4, -0.2) is 16.0 Å². The van der Waals surface area contributed by atoms with Gasteiger partial charge in [0.15, 0.2) is 6.10 Å². The largest absolute Gasteiger partial charge is 0.378 e. The number of aryl methyl sites for hydroxylation is 1. The van der Waals surface area contributed by atoms with Gasteiger partial charge in [-0.1, -0.05) is 37.3 Å². The summed E-state index contributed by atoms with van der Waals surface area (Å²) in [5, 5.41) is 15.9. The Labute approximate surface area is 128 Å². The van der Waals surface area contributed by atoms with Crippen LogP contribution >= 0.6 is 11.3 Å². The van der Waals surface area contributed by atoms with Crippen molar-refractivity contribution in [3.05, 3.63) is 52.0 Å². The molecule has 0 aliphatic heterocycles. The number of benzene rings is 1. The molecule has 0 bridgehead atoms. The van der Waals surface area contributed by atoms with Crippen LogP contribution in [0.25, 0.3) is 0 Å². The number of amides is 1. The van der Waals surface area contributed by atoms with E-state index in [4.69, 9.17) is 0 Å². The Hall–Kier alpha value is -1.72. The molecule has 2 atom stereocenters. The molecule has 21 heavy (non-hydrogen) atoms. The topological polar surface area (TPSA) is 62.2 Å². The molecule has 0 aliphatic carbocycles. The third kappa shape index (κ3) is 3.49. The van der Waals surface area contributed by atoms with E-state index in [0.29, 0.717) is 12.0 Å². The van der Waals surface area contributed by atoms with Gasteiger partial charge in [0.05, 0.1) is 5.54 Å². The Morgan fingerprint density at radius 1 is 1.43 bits per heavy atom. The zero-order chi connectivity index (χ0) is 15.5. The van der Waals surface area contributed by atoms with Crippen molar-refractivity contribution in [2.45, 2.75) is 38.8 Å². The smallest absolute Gasteiger partial charge is 0.254 e. The van der Waals surface area contributed by atoms with Crippen molar-refractivity contribution >= 4 is 17.2 Å². The fourth-order valence-corrected chi connectivity index (χ4v) is 3.01. The number of carbonyl (C=O) groups is 1. The zero-order valence-electron chi connectivity index (χ0n) is 12.5. The SMILES string of the molecule is CCC(C)(NC(=O)C(O)c1ccccc1)c1nc(C)cs1. The van der Waals surface area contributed by atoms with Crippen LogP contribution in [0.4, 0.5) is 0 Å². The highest BCUT2D eigenvalue weighted by atomic mass is 32.1. The van der Waals surface area contributed by atoms with Crippen molar-refractivity contribution in [3.8, 4) is 0 Å². The summed E-state index contributed by atoms with van der Waals surface area (Å²) < 4.78 is 0. The van der Waals surface area contributed by atoms with Crippen LogP contribution in [-0.2, 0) is 10.3 Å². The first-order valence-corrected chi connectivity index (χ1v) is 7.82. The summed E-state index contributed by atoms with van der Waals surface area (Å²) in [4.78, 5) is 16.8. The summed E-state index contributed by atoms with van der Waals surface area (Å²) in [6.45, 7) is 5.85. The third-order valence-corrected chi connectivity index (χ3v) is 4.78. The van der Waals surface area contributed by atoms with Gasteiger partial charge in [0, 0.05) is 11.1 Å². The number of hydrogen-bond acceptors (Lipinski definition) is 4. The average Bonchev–Trinajstić information content (AvgIpc) is 2.94. The summed E-state index contributed by atoms with van der Waals surface area (Å²) in [5.74, 6) is -0.404. The number of carbonyl (C=O) groups excluding carboxylic acids is 1. The average molecular weight is 304 g/mol. The summed E-state index contributed by atoms with van der Waals surface area (Å²) in [6, 6.07) is 8.93. The molecule has 2 aromatic rings. The zero-order valence-corrected chi connectivity index (χ0v) is 13.3. The molecule has 0 saturated carbocycles. The lowest BCUT2D eigenvalue weighted by atomic mass is 9.98. The number of aliphatic hydroxyl groups excluding tert-OH is 1. The fourth-order valence-electron chi connectivity index (χ4n) is 2.03. The maximum atomic E-state index is 12.3. The molecule has 0 aliphatic rings. The molecule has 1 heterocycles. The van der Waals surface area contributed by atoms with Crippen molar-refractivity contribution in [2.24, 2.45) is 0 Å². The lowest BCUT2D eigenvalue weighted by molar-refractivity contribution is -0.131. The van der Waals surface area contributed by atoms with Gasteiger partial charge in [-0.2, -0.15) is 0 Å². The van der Waals surface area contributed by atoms with Crippen molar-refractivity contribution in [1.29, 1.82) is 0 Å². The first-order valence-electron chi connectivity index (χ1n) is 6.94. The van der Waals surface area contributed by atoms with Gasteiger partial charge >= 0.3 is 0 Å². The summed E-state index contributed by atoms with van der Waals surface area (Å²) in [5.41, 5.74) is 0.961. The van der Waals surface area contributed by atoms with E-state index < -0.39 is 17.6 Å². The van der Waals surface area contributed by atoms with E-state index in [-0.39, 0.29) is 0 Å². The van der Waals surface area contributed by atoms with Crippen molar-refractivity contribution < 1.29 is 9.90 Å². The lowest BCUT2D eigenvalue weighted by Crippen LogP contribution is -2.45. The number of nitrogens with one attached hydrogen (secondary N) is 1. The second kappa shape index (κ2) is 6.37. The molecule has 0 saturated heterocycles. The number of aliphatic hydroxyl groups is 1. The van der Waals surface area contributed by atoms with E-state index in [2.05, 4.69) is 10.3 Å². The summed E-state index contributed by atoms with van der Waals surface area (Å²) in [7, 11) is 0. The van der Waals surface area contributed by atoms with Crippen LogP contribution < -0.4 is 5.32 Å². The van der Waals surface area contributed by atoms with Crippen LogP contribution in [0.15, 0.2) is 35.7 Å². The van der Waals surface area contributed by atoms with E-state index in [1.165, 1.54) is 11.3 Å². The lowest BCUT2D eigenvalue weighted by Gasteiger charge is -2.28. The van der Waals surface area contributed by atoms with Crippen LogP contribution in [0.1, 0.15) is 42.6 Å². The first-order chi connectivity index (χ1) is 9.96. The minimum absolute atomic E-state index is 0.404. The second-order valence-corrected chi connectivity index (χ2v) is 6.14. The van der Waals surface area contributed by atoms with E-state index in [1.54, 1.807) is 24.3 Å². The minimum Gasteiger partial charge on any atom is -0.378 e. The number of aromatic nitrogens is 1. The quantitative estimate of drug-likeness (QED) is 0.893. The molecule has 1 aromatic heterocycles. The number of nitrogens with zero attached hydrogens (tertiary/aromatic N) is 1. The second-order valence-electron chi connectivity index (χ2n) is 5.28. The molecule has 0 radical (unpaired) electrons. The summed E-state index contributed by atoms with van der Waals surface area (Å²) in [6.07, 6.45) is -0.467. The predicted molar refractivity (Wildman–Crippen MR) is 84.0 cm³/mol. The van der Waals surface area contributed by atoms with Crippen LogP contribution in [0.2, 0.25) is 0 Å². The van der Waals surface area contributed by atoms with Crippen molar-refractivity contribution in [1.82, 2.24) is 10.3 Å². The minimum atomic E-state index is -1.17. The van der Waals surface area contributed by atoms with E-state index in [0.717, 1.165) is 10.7 Å². The van der Waals surface area contributed by atoms with Gasteiger partial charge in [-0.25, -0.2) is 4.98 Å². The Bertz CT molecular complexity index is 612. The van der Waals surface area contributed by atoms with Gasteiger partial charge in [0.25, 0.3) is 5.91 Å². The molecular formula is C16H20N2O2S. The molecule has 4 nitrogen and oxygen atoms in total. The van der Waals surface area contributed by atoms with Crippen molar-refractivity contribution in [3.63, 3.8) is 0 Å². The monoisotopic (exact) mass is 304 g/mol. The van der Waals surface area contributed by atoms with Gasteiger partial charge in [0.1, 0.15) is 5.01 Å². The normalized spacial score (nSPS) is 15.2. The fraction of sp³-hybridized carbons (Fsp3) is 0.375. The summed E-state index contributed by atoms with van der Waals surface area (Å²) >= 11 is 1.52. The van der Waals surface area contributed by atoms with E-state index >= 15 is 0 Å². The Balaban J connectivity index is 2.16. The molecular weight excluding hydrogens is 284 g/mol. The molecule has 2 rings (SSSR count). The third-order valence-electron chi connectivity index (χ3n) is 3.56. The molecule has 2 unspecified atom stereocenters. The number of hydrogen-bond donors (Lipinski definition) is 2. The highest BCUT2D eigenvalue weighted by Crippen LogP contribution is 2.28. The van der Waals surface area contributed by atoms with Gasteiger partial charge in [-0.15, -0.1) is 11.3 Å².